The maximum absolute atomic E-state index is 8.89. The van der Waals surface area contributed by atoms with Crippen LogP contribution in [0.25, 0.3) is 0 Å². The van der Waals surface area contributed by atoms with Crippen molar-refractivity contribution >= 4 is 15.9 Å². The van der Waals surface area contributed by atoms with Crippen molar-refractivity contribution in [1.82, 2.24) is 0 Å². The Morgan fingerprint density at radius 1 is 1.25 bits per heavy atom. The van der Waals surface area contributed by atoms with Gasteiger partial charge in [0.2, 0.25) is 0 Å². The highest BCUT2D eigenvalue weighted by Gasteiger charge is 2.16. The molecule has 1 aliphatic rings. The minimum atomic E-state index is 0.191. The van der Waals surface area contributed by atoms with Crippen molar-refractivity contribution in [2.75, 3.05) is 19.8 Å². The third kappa shape index (κ3) is 2.50. The van der Waals surface area contributed by atoms with Gasteiger partial charge in [0.1, 0.15) is 0 Å². The van der Waals surface area contributed by atoms with Crippen molar-refractivity contribution in [1.29, 1.82) is 0 Å². The molecule has 0 saturated heterocycles. The van der Waals surface area contributed by atoms with Gasteiger partial charge in [-0.15, -0.1) is 0 Å². The summed E-state index contributed by atoms with van der Waals surface area (Å²) < 4.78 is 12.4. The quantitative estimate of drug-likeness (QED) is 0.928. The lowest BCUT2D eigenvalue weighted by atomic mass is 10.1. The molecule has 1 aliphatic heterocycles. The molecule has 1 aromatic carbocycles. The molecule has 0 radical (unpaired) electrons. The fraction of sp³-hybridized carbons (Fsp3) is 0.500. The highest BCUT2D eigenvalue weighted by atomic mass is 79.9. The van der Waals surface area contributed by atoms with Gasteiger partial charge in [-0.3, -0.25) is 0 Å². The van der Waals surface area contributed by atoms with Crippen molar-refractivity contribution in [2.45, 2.75) is 19.3 Å². The fourth-order valence-electron chi connectivity index (χ4n) is 1.76. The van der Waals surface area contributed by atoms with Gasteiger partial charge in [-0.05, 0) is 25.0 Å². The number of rotatable bonds is 3. The van der Waals surface area contributed by atoms with Gasteiger partial charge in [0, 0.05) is 23.1 Å². The molecule has 0 aliphatic carbocycles. The van der Waals surface area contributed by atoms with Gasteiger partial charge in [0.05, 0.1) is 13.2 Å². The molecular formula is C12H15BrO3. The van der Waals surface area contributed by atoms with E-state index in [4.69, 9.17) is 14.6 Å². The van der Waals surface area contributed by atoms with E-state index in [1.807, 2.05) is 12.1 Å². The summed E-state index contributed by atoms with van der Waals surface area (Å²) in [5.74, 6) is 1.65. The summed E-state index contributed by atoms with van der Waals surface area (Å²) in [6, 6.07) is 3.90. The van der Waals surface area contributed by atoms with E-state index < -0.39 is 0 Å². The number of aliphatic hydroxyl groups is 1. The third-order valence-electron chi connectivity index (χ3n) is 2.54. The molecule has 0 atom stereocenters. The van der Waals surface area contributed by atoms with Gasteiger partial charge in [0.15, 0.2) is 11.5 Å². The maximum Gasteiger partial charge on any atom is 0.165 e. The van der Waals surface area contributed by atoms with Crippen LogP contribution >= 0.6 is 15.9 Å². The SMILES string of the molecule is OCCCc1c(Br)ccc2c1OCCCO2. The van der Waals surface area contributed by atoms with E-state index in [1.165, 1.54) is 0 Å². The van der Waals surface area contributed by atoms with Crippen molar-refractivity contribution in [3.8, 4) is 11.5 Å². The summed E-state index contributed by atoms with van der Waals surface area (Å²) in [6.07, 6.45) is 2.44. The zero-order chi connectivity index (χ0) is 11.4. The van der Waals surface area contributed by atoms with Crippen molar-refractivity contribution in [3.63, 3.8) is 0 Å². The summed E-state index contributed by atoms with van der Waals surface area (Å²) in [5.41, 5.74) is 1.09. The number of ether oxygens (including phenoxy) is 2. The Bertz CT molecular complexity index is 366. The Balaban J connectivity index is 2.32. The standard InChI is InChI=1S/C12H15BrO3/c13-10-4-5-11-12(9(10)3-1-6-14)16-8-2-7-15-11/h4-5,14H,1-3,6-8H2. The Morgan fingerprint density at radius 2 is 2.06 bits per heavy atom. The van der Waals surface area contributed by atoms with E-state index in [1.54, 1.807) is 0 Å². The minimum absolute atomic E-state index is 0.191. The molecule has 4 heteroatoms. The zero-order valence-corrected chi connectivity index (χ0v) is 10.6. The van der Waals surface area contributed by atoms with Crippen LogP contribution in [0.15, 0.2) is 16.6 Å². The average Bonchev–Trinajstić information content (AvgIpc) is 2.53. The molecular weight excluding hydrogens is 272 g/mol. The molecule has 2 rings (SSSR count). The van der Waals surface area contributed by atoms with E-state index in [9.17, 15) is 0 Å². The van der Waals surface area contributed by atoms with E-state index in [0.717, 1.165) is 40.8 Å². The Hall–Kier alpha value is -0.740. The number of benzene rings is 1. The smallest absolute Gasteiger partial charge is 0.165 e. The lowest BCUT2D eigenvalue weighted by molar-refractivity contribution is 0.285. The molecule has 88 valence electrons. The van der Waals surface area contributed by atoms with Gasteiger partial charge in [-0.1, -0.05) is 15.9 Å². The van der Waals surface area contributed by atoms with Gasteiger partial charge in [-0.25, -0.2) is 0 Å². The summed E-state index contributed by atoms with van der Waals surface area (Å²) in [4.78, 5) is 0. The lowest BCUT2D eigenvalue weighted by Gasteiger charge is -2.13. The fourth-order valence-corrected chi connectivity index (χ4v) is 2.27. The monoisotopic (exact) mass is 286 g/mol. The molecule has 0 aromatic heterocycles. The summed E-state index contributed by atoms with van der Waals surface area (Å²) in [7, 11) is 0. The Morgan fingerprint density at radius 3 is 2.88 bits per heavy atom. The number of hydrogen-bond acceptors (Lipinski definition) is 3. The molecule has 0 saturated carbocycles. The van der Waals surface area contributed by atoms with Crippen LogP contribution in [0.4, 0.5) is 0 Å². The first-order valence-corrected chi connectivity index (χ1v) is 6.30. The van der Waals surface area contributed by atoms with Crippen LogP contribution in [-0.2, 0) is 6.42 Å². The largest absolute Gasteiger partial charge is 0.490 e. The lowest BCUT2D eigenvalue weighted by Crippen LogP contribution is -2.00. The van der Waals surface area contributed by atoms with Crippen LogP contribution in [0, 0.1) is 0 Å². The van der Waals surface area contributed by atoms with Crippen LogP contribution in [0.1, 0.15) is 18.4 Å². The molecule has 0 fully saturated rings. The summed E-state index contributed by atoms with van der Waals surface area (Å²) in [6.45, 7) is 1.58. The van der Waals surface area contributed by atoms with Gasteiger partial charge >= 0.3 is 0 Å². The molecule has 1 N–H and O–H groups in total. The first kappa shape index (κ1) is 11.7. The predicted octanol–water partition coefficient (Wildman–Crippen LogP) is 2.54. The molecule has 0 spiro atoms. The average molecular weight is 287 g/mol. The van der Waals surface area contributed by atoms with Crippen LogP contribution in [-0.4, -0.2) is 24.9 Å². The number of aliphatic hydroxyl groups excluding tert-OH is 1. The molecule has 16 heavy (non-hydrogen) atoms. The maximum atomic E-state index is 8.89. The first-order chi connectivity index (χ1) is 7.83. The van der Waals surface area contributed by atoms with Crippen molar-refractivity contribution in [2.24, 2.45) is 0 Å². The topological polar surface area (TPSA) is 38.7 Å². The molecule has 0 amide bonds. The Labute approximate surface area is 104 Å². The van der Waals surface area contributed by atoms with Crippen molar-refractivity contribution < 1.29 is 14.6 Å². The second kappa shape index (κ2) is 5.55. The van der Waals surface area contributed by atoms with Gasteiger partial charge < -0.3 is 14.6 Å². The molecule has 1 heterocycles. The van der Waals surface area contributed by atoms with Crippen LogP contribution < -0.4 is 9.47 Å². The molecule has 0 unspecified atom stereocenters. The molecule has 1 aromatic rings. The van der Waals surface area contributed by atoms with E-state index in [-0.39, 0.29) is 6.61 Å². The van der Waals surface area contributed by atoms with Crippen molar-refractivity contribution in [3.05, 3.63) is 22.2 Å². The minimum Gasteiger partial charge on any atom is -0.490 e. The second-order valence-corrected chi connectivity index (χ2v) is 4.59. The summed E-state index contributed by atoms with van der Waals surface area (Å²) >= 11 is 3.51. The molecule has 3 nitrogen and oxygen atoms in total. The highest BCUT2D eigenvalue weighted by Crippen LogP contribution is 2.38. The zero-order valence-electron chi connectivity index (χ0n) is 9.04. The second-order valence-electron chi connectivity index (χ2n) is 3.73. The first-order valence-electron chi connectivity index (χ1n) is 5.51. The van der Waals surface area contributed by atoms with E-state index in [0.29, 0.717) is 13.2 Å². The molecule has 0 bridgehead atoms. The van der Waals surface area contributed by atoms with E-state index in [2.05, 4.69) is 15.9 Å². The number of halogens is 1. The highest BCUT2D eigenvalue weighted by molar-refractivity contribution is 9.10. The number of hydrogen-bond donors (Lipinski definition) is 1. The van der Waals surface area contributed by atoms with Crippen LogP contribution in [0.3, 0.4) is 0 Å². The van der Waals surface area contributed by atoms with Crippen LogP contribution in [0.2, 0.25) is 0 Å². The van der Waals surface area contributed by atoms with Gasteiger partial charge in [0.25, 0.3) is 0 Å². The van der Waals surface area contributed by atoms with E-state index >= 15 is 0 Å². The number of fused-ring (bicyclic) bond motifs is 1. The summed E-state index contributed by atoms with van der Waals surface area (Å²) in [5, 5.41) is 8.89. The predicted molar refractivity (Wildman–Crippen MR) is 65.2 cm³/mol. The van der Waals surface area contributed by atoms with Crippen LogP contribution in [0.5, 0.6) is 11.5 Å². The normalized spacial score (nSPS) is 14.6. The third-order valence-corrected chi connectivity index (χ3v) is 3.29. The van der Waals surface area contributed by atoms with Gasteiger partial charge in [-0.2, -0.15) is 0 Å². The Kier molecular flexibility index (Phi) is 4.07.